The number of benzene rings is 2. The van der Waals surface area contributed by atoms with Gasteiger partial charge in [0.15, 0.2) is 5.96 Å². The lowest BCUT2D eigenvalue weighted by Crippen LogP contribution is -2.52. The van der Waals surface area contributed by atoms with Crippen LogP contribution in [0.4, 0.5) is 10.5 Å². The minimum absolute atomic E-state index is 0.0461. The summed E-state index contributed by atoms with van der Waals surface area (Å²) >= 11 is 1.61. The highest BCUT2D eigenvalue weighted by Crippen LogP contribution is 2.36. The van der Waals surface area contributed by atoms with Crippen LogP contribution in [0.2, 0.25) is 0 Å². The number of aliphatic imine (C=N–C) groups is 1. The summed E-state index contributed by atoms with van der Waals surface area (Å²) in [4.78, 5) is 27.3. The Labute approximate surface area is 258 Å². The highest BCUT2D eigenvalue weighted by Gasteiger charge is 2.35. The third-order valence-corrected chi connectivity index (χ3v) is 10.0. The van der Waals surface area contributed by atoms with Gasteiger partial charge in [0.1, 0.15) is 23.1 Å². The molecular formula is C34H43N5O3S. The smallest absolute Gasteiger partial charge is 0.410 e. The third kappa shape index (κ3) is 7.32. The van der Waals surface area contributed by atoms with Crippen molar-refractivity contribution in [2.24, 2.45) is 16.6 Å². The number of thiazole rings is 1. The minimum atomic E-state index is -0.243. The Hall–Kier alpha value is -3.59. The predicted molar refractivity (Wildman–Crippen MR) is 171 cm³/mol. The van der Waals surface area contributed by atoms with Crippen LogP contribution in [0.15, 0.2) is 58.9 Å². The average Bonchev–Trinajstić information content (AvgIpc) is 3.46. The average molecular weight is 602 g/mol. The van der Waals surface area contributed by atoms with Crippen LogP contribution < -0.4 is 10.5 Å². The predicted octanol–water partition coefficient (Wildman–Crippen LogP) is 7.93. The summed E-state index contributed by atoms with van der Waals surface area (Å²) in [6.07, 6.45) is 11.1. The minimum Gasteiger partial charge on any atom is -0.457 e. The molecular weight excluding hydrogens is 558 g/mol. The number of ether oxygens (including phenoxy) is 2. The van der Waals surface area contributed by atoms with E-state index in [2.05, 4.69) is 16.0 Å². The number of aryl methyl sites for hydroxylation is 1. The summed E-state index contributed by atoms with van der Waals surface area (Å²) in [5, 5.41) is 3.01. The molecule has 2 aliphatic carbocycles. The van der Waals surface area contributed by atoms with E-state index < -0.39 is 0 Å². The van der Waals surface area contributed by atoms with Gasteiger partial charge in [0, 0.05) is 29.2 Å². The largest absolute Gasteiger partial charge is 0.457 e. The van der Waals surface area contributed by atoms with E-state index in [9.17, 15) is 4.79 Å². The molecule has 2 saturated carbocycles. The standard InChI is InChI=1S/C34H43N5O3S/c1-24-23-43-32(36-24)21-38(27-13-7-3-8-14-27)34(40)41-22-31(25-11-5-2-6-12-25)39-20-26-19-29(17-18-30(26)37-33(39)35)42-28-15-9-4-10-16-28/h4,9-10,15-19,23,25,27,31H,2-3,5-8,11-14,20-22H2,1H3,(H2,35,37)/t31-/m0/s1. The van der Waals surface area contributed by atoms with Crippen molar-refractivity contribution in [3.8, 4) is 11.5 Å². The van der Waals surface area contributed by atoms with E-state index in [0.29, 0.717) is 25.0 Å². The van der Waals surface area contributed by atoms with Gasteiger partial charge < -0.3 is 20.1 Å². The topological polar surface area (TPSA) is 93.3 Å². The van der Waals surface area contributed by atoms with Crippen LogP contribution in [0.3, 0.4) is 0 Å². The lowest BCUT2D eigenvalue weighted by atomic mass is 9.83. The van der Waals surface area contributed by atoms with E-state index in [4.69, 9.17) is 20.2 Å². The number of para-hydroxylation sites is 1. The molecule has 0 saturated heterocycles. The maximum absolute atomic E-state index is 13.8. The number of guanidine groups is 1. The van der Waals surface area contributed by atoms with E-state index in [1.54, 1.807) is 11.3 Å². The fraction of sp³-hybridized carbons (Fsp3) is 0.500. The first-order chi connectivity index (χ1) is 21.0. The van der Waals surface area contributed by atoms with E-state index in [0.717, 1.165) is 72.0 Å². The van der Waals surface area contributed by atoms with Crippen LogP contribution in [0.5, 0.6) is 11.5 Å². The SMILES string of the molecule is Cc1csc(CN(C(=O)OC[C@@H](C2CCCCC2)N2Cc3cc(Oc4ccccc4)ccc3N=C2N)C2CCCCC2)n1. The number of rotatable bonds is 9. The molecule has 6 rings (SSSR count). The molecule has 0 spiro atoms. The fourth-order valence-electron chi connectivity index (χ4n) is 6.82. The van der Waals surface area contributed by atoms with Crippen molar-refractivity contribution < 1.29 is 14.3 Å². The van der Waals surface area contributed by atoms with Gasteiger partial charge in [-0.05, 0) is 68.9 Å². The maximum Gasteiger partial charge on any atom is 0.410 e. The molecule has 1 amide bonds. The van der Waals surface area contributed by atoms with Crippen molar-refractivity contribution in [3.05, 3.63) is 70.2 Å². The van der Waals surface area contributed by atoms with E-state index in [1.807, 2.05) is 59.7 Å². The van der Waals surface area contributed by atoms with Crippen LogP contribution in [0.25, 0.3) is 0 Å². The molecule has 1 aliphatic heterocycles. The highest BCUT2D eigenvalue weighted by molar-refractivity contribution is 7.09. The Kier molecular flexibility index (Phi) is 9.46. The van der Waals surface area contributed by atoms with Crippen molar-refractivity contribution in [2.45, 2.75) is 96.3 Å². The first kappa shape index (κ1) is 29.5. The van der Waals surface area contributed by atoms with Crippen molar-refractivity contribution >= 4 is 29.1 Å². The number of amides is 1. The highest BCUT2D eigenvalue weighted by atomic mass is 32.1. The number of carbonyl (C=O) groups excluding carboxylic acids is 1. The van der Waals surface area contributed by atoms with Gasteiger partial charge in [0.25, 0.3) is 0 Å². The molecule has 9 heteroatoms. The summed E-state index contributed by atoms with van der Waals surface area (Å²) in [5.41, 5.74) is 9.54. The Morgan fingerprint density at radius 3 is 2.49 bits per heavy atom. The Bertz CT molecular complexity index is 1400. The Morgan fingerprint density at radius 2 is 1.77 bits per heavy atom. The molecule has 0 unspecified atom stereocenters. The van der Waals surface area contributed by atoms with Crippen molar-refractivity contribution in [1.29, 1.82) is 0 Å². The van der Waals surface area contributed by atoms with E-state index in [-0.39, 0.29) is 24.8 Å². The summed E-state index contributed by atoms with van der Waals surface area (Å²) < 4.78 is 12.4. The Balaban J connectivity index is 1.20. The molecule has 8 nitrogen and oxygen atoms in total. The van der Waals surface area contributed by atoms with Crippen molar-refractivity contribution in [1.82, 2.24) is 14.8 Å². The maximum atomic E-state index is 13.8. The van der Waals surface area contributed by atoms with Crippen molar-refractivity contribution in [2.75, 3.05) is 6.61 Å². The first-order valence-electron chi connectivity index (χ1n) is 15.8. The van der Waals surface area contributed by atoms with Gasteiger partial charge in [-0.25, -0.2) is 14.8 Å². The second kappa shape index (κ2) is 13.8. The molecule has 1 atom stereocenters. The summed E-state index contributed by atoms with van der Waals surface area (Å²) in [6.45, 7) is 3.38. The summed E-state index contributed by atoms with van der Waals surface area (Å²) in [6, 6.07) is 15.9. The molecule has 3 aromatic rings. The van der Waals surface area contributed by atoms with Crippen LogP contribution in [0, 0.1) is 12.8 Å². The zero-order valence-corrected chi connectivity index (χ0v) is 25.9. The molecule has 2 N–H and O–H groups in total. The van der Waals surface area contributed by atoms with Crippen molar-refractivity contribution in [3.63, 3.8) is 0 Å². The third-order valence-electron chi connectivity index (χ3n) is 9.09. The van der Waals surface area contributed by atoms with Crippen LogP contribution >= 0.6 is 11.3 Å². The lowest BCUT2D eigenvalue weighted by Gasteiger charge is -2.41. The number of carbonyl (C=O) groups is 1. The number of aromatic nitrogens is 1. The number of nitrogens with two attached hydrogens (primary N) is 1. The molecule has 43 heavy (non-hydrogen) atoms. The molecule has 0 radical (unpaired) electrons. The number of nitrogens with zero attached hydrogens (tertiary/aromatic N) is 4. The zero-order chi connectivity index (χ0) is 29.6. The monoisotopic (exact) mass is 601 g/mol. The van der Waals surface area contributed by atoms with Gasteiger partial charge in [0.05, 0.1) is 18.3 Å². The lowest BCUT2D eigenvalue weighted by molar-refractivity contribution is 0.0398. The number of hydrogen-bond acceptors (Lipinski definition) is 8. The van der Waals surface area contributed by atoms with Gasteiger partial charge in [-0.1, -0.05) is 56.7 Å². The molecule has 2 heterocycles. The number of fused-ring (bicyclic) bond motifs is 1. The number of hydrogen-bond donors (Lipinski definition) is 1. The molecule has 2 aromatic carbocycles. The molecule has 3 aliphatic rings. The molecule has 2 fully saturated rings. The normalized spacial score (nSPS) is 18.4. The second-order valence-corrected chi connectivity index (χ2v) is 13.1. The fourth-order valence-corrected chi connectivity index (χ4v) is 7.59. The molecule has 1 aromatic heterocycles. The summed E-state index contributed by atoms with van der Waals surface area (Å²) in [5.74, 6) is 2.42. The van der Waals surface area contributed by atoms with Gasteiger partial charge >= 0.3 is 6.09 Å². The second-order valence-electron chi connectivity index (χ2n) is 12.1. The van der Waals surface area contributed by atoms with Gasteiger partial charge in [-0.15, -0.1) is 11.3 Å². The van der Waals surface area contributed by atoms with Gasteiger partial charge in [-0.2, -0.15) is 0 Å². The summed E-state index contributed by atoms with van der Waals surface area (Å²) in [7, 11) is 0. The van der Waals surface area contributed by atoms with E-state index in [1.165, 1.54) is 25.7 Å². The van der Waals surface area contributed by atoms with Crippen LogP contribution in [0.1, 0.15) is 80.5 Å². The molecule has 228 valence electrons. The first-order valence-corrected chi connectivity index (χ1v) is 16.7. The van der Waals surface area contributed by atoms with E-state index >= 15 is 0 Å². The molecule has 0 bridgehead atoms. The van der Waals surface area contributed by atoms with Crippen LogP contribution in [-0.2, 0) is 17.8 Å². The quantitative estimate of drug-likeness (QED) is 0.268. The zero-order valence-electron chi connectivity index (χ0n) is 25.1. The van der Waals surface area contributed by atoms with Gasteiger partial charge in [-0.3, -0.25) is 4.90 Å². The Morgan fingerprint density at radius 1 is 1.02 bits per heavy atom. The van der Waals surface area contributed by atoms with Crippen LogP contribution in [-0.4, -0.2) is 45.5 Å². The van der Waals surface area contributed by atoms with Gasteiger partial charge in [0.2, 0.25) is 0 Å².